The van der Waals surface area contributed by atoms with E-state index in [-0.39, 0.29) is 28.1 Å². The quantitative estimate of drug-likeness (QED) is 0.194. The molecule has 6 nitrogen and oxygen atoms in total. The van der Waals surface area contributed by atoms with Gasteiger partial charge in [0.2, 0.25) is 0 Å². The number of rotatable bonds is 7. The van der Waals surface area contributed by atoms with Crippen molar-refractivity contribution in [3.05, 3.63) is 129 Å². The van der Waals surface area contributed by atoms with E-state index < -0.39 is 35.0 Å². The zero-order valence-corrected chi connectivity index (χ0v) is 26.0. The Kier molecular flexibility index (Phi) is 9.17. The summed E-state index contributed by atoms with van der Waals surface area (Å²) in [6.07, 6.45) is -3.53. The highest BCUT2D eigenvalue weighted by Gasteiger charge is 2.45. The molecule has 0 saturated heterocycles. The molecular formula is C30H20BrCl2F3N2O4S. The van der Waals surface area contributed by atoms with Crippen LogP contribution in [-0.4, -0.2) is 23.3 Å². The largest absolute Gasteiger partial charge is 0.488 e. The van der Waals surface area contributed by atoms with Gasteiger partial charge in [-0.1, -0.05) is 74.7 Å². The number of carbonyl (C=O) groups excluding carboxylic acids is 1. The first-order valence-electron chi connectivity index (χ1n) is 12.7. The summed E-state index contributed by atoms with van der Waals surface area (Å²) in [5, 5.41) is 0.684. The Hall–Kier alpha value is -3.38. The predicted octanol–water partition coefficient (Wildman–Crippen LogP) is 6.99. The van der Waals surface area contributed by atoms with Crippen LogP contribution in [0.25, 0.3) is 6.08 Å². The van der Waals surface area contributed by atoms with Crippen LogP contribution in [0.4, 0.5) is 13.2 Å². The molecule has 0 saturated carbocycles. The van der Waals surface area contributed by atoms with Crippen molar-refractivity contribution in [1.82, 2.24) is 4.57 Å². The summed E-state index contributed by atoms with van der Waals surface area (Å²) in [5.74, 6) is -0.832. The lowest BCUT2D eigenvalue weighted by Gasteiger charge is -2.26. The van der Waals surface area contributed by atoms with Gasteiger partial charge in [-0.3, -0.25) is 9.36 Å². The van der Waals surface area contributed by atoms with Gasteiger partial charge in [0.05, 0.1) is 22.8 Å². The van der Waals surface area contributed by atoms with Crippen LogP contribution in [0, 0.1) is 0 Å². The number of halogens is 6. The molecule has 0 fully saturated rings. The normalized spacial score (nSPS) is 15.2. The number of nitrogens with zero attached hydrogens (tertiary/aromatic N) is 2. The number of hydrogen-bond acceptors (Lipinski definition) is 6. The fourth-order valence-corrected chi connectivity index (χ4v) is 6.01. The van der Waals surface area contributed by atoms with Gasteiger partial charge in [0.25, 0.3) is 5.56 Å². The molecule has 0 aliphatic carbocycles. The average molecular weight is 712 g/mol. The van der Waals surface area contributed by atoms with Crippen LogP contribution in [0.5, 0.6) is 5.75 Å². The summed E-state index contributed by atoms with van der Waals surface area (Å²) in [5.41, 5.74) is -1.35. The van der Waals surface area contributed by atoms with Crippen molar-refractivity contribution in [3.8, 4) is 5.75 Å². The predicted molar refractivity (Wildman–Crippen MR) is 162 cm³/mol. The van der Waals surface area contributed by atoms with E-state index in [1.165, 1.54) is 37.3 Å². The molecule has 13 heteroatoms. The minimum atomic E-state index is -5.01. The van der Waals surface area contributed by atoms with Crippen molar-refractivity contribution >= 4 is 62.5 Å². The van der Waals surface area contributed by atoms with Crippen LogP contribution in [0.2, 0.25) is 10.0 Å². The van der Waals surface area contributed by atoms with Crippen molar-refractivity contribution in [2.45, 2.75) is 25.7 Å². The lowest BCUT2D eigenvalue weighted by Crippen LogP contribution is -2.41. The van der Waals surface area contributed by atoms with E-state index in [0.717, 1.165) is 25.9 Å². The fourth-order valence-electron chi connectivity index (χ4n) is 4.45. The summed E-state index contributed by atoms with van der Waals surface area (Å²) in [7, 11) is 0. The Morgan fingerprint density at radius 2 is 1.74 bits per heavy atom. The van der Waals surface area contributed by atoms with E-state index >= 15 is 0 Å². The van der Waals surface area contributed by atoms with Crippen LogP contribution < -0.4 is 19.6 Å². The molecule has 4 aromatic rings. The molecule has 1 aliphatic heterocycles. The highest BCUT2D eigenvalue weighted by Crippen LogP contribution is 2.38. The number of alkyl halides is 3. The summed E-state index contributed by atoms with van der Waals surface area (Å²) in [4.78, 5) is 30.4. The molecule has 222 valence electrons. The molecule has 1 atom stereocenters. The lowest BCUT2D eigenvalue weighted by molar-refractivity contribution is -0.140. The summed E-state index contributed by atoms with van der Waals surface area (Å²) in [6.45, 7) is 1.51. The number of aromatic nitrogens is 1. The summed E-state index contributed by atoms with van der Waals surface area (Å²) < 4.78 is 56.0. The van der Waals surface area contributed by atoms with E-state index in [4.69, 9.17) is 32.7 Å². The van der Waals surface area contributed by atoms with Crippen LogP contribution in [0.1, 0.15) is 29.7 Å². The monoisotopic (exact) mass is 710 g/mol. The minimum Gasteiger partial charge on any atom is -0.488 e. The van der Waals surface area contributed by atoms with Gasteiger partial charge in [-0.05, 0) is 66.6 Å². The van der Waals surface area contributed by atoms with Crippen LogP contribution in [0.3, 0.4) is 0 Å². The van der Waals surface area contributed by atoms with Crippen LogP contribution >= 0.6 is 50.5 Å². The first-order chi connectivity index (χ1) is 20.5. The van der Waals surface area contributed by atoms with E-state index in [0.29, 0.717) is 21.4 Å². The molecule has 0 spiro atoms. The molecule has 0 amide bonds. The molecular weight excluding hydrogens is 692 g/mol. The number of thiazole rings is 1. The topological polar surface area (TPSA) is 69.9 Å². The van der Waals surface area contributed by atoms with E-state index in [2.05, 4.69) is 20.9 Å². The third-order valence-electron chi connectivity index (χ3n) is 6.35. The number of fused-ring (bicyclic) bond motifs is 1. The molecule has 1 aromatic heterocycles. The molecule has 0 radical (unpaired) electrons. The van der Waals surface area contributed by atoms with Crippen molar-refractivity contribution in [1.29, 1.82) is 0 Å². The molecule has 43 heavy (non-hydrogen) atoms. The van der Waals surface area contributed by atoms with E-state index in [1.807, 2.05) is 24.3 Å². The van der Waals surface area contributed by atoms with Gasteiger partial charge in [-0.15, -0.1) is 0 Å². The Bertz CT molecular complexity index is 1900. The highest BCUT2D eigenvalue weighted by molar-refractivity contribution is 9.10. The highest BCUT2D eigenvalue weighted by atomic mass is 79.9. The van der Waals surface area contributed by atoms with Crippen molar-refractivity contribution in [2.24, 2.45) is 4.99 Å². The second kappa shape index (κ2) is 12.7. The lowest BCUT2D eigenvalue weighted by atomic mass is 9.95. The molecule has 5 rings (SSSR count). The van der Waals surface area contributed by atoms with Crippen molar-refractivity contribution in [2.75, 3.05) is 6.61 Å². The second-order valence-electron chi connectivity index (χ2n) is 9.21. The van der Waals surface area contributed by atoms with Crippen molar-refractivity contribution < 1.29 is 27.4 Å². The van der Waals surface area contributed by atoms with E-state index in [1.54, 1.807) is 18.2 Å². The maximum atomic E-state index is 14.3. The Morgan fingerprint density at radius 1 is 1.07 bits per heavy atom. The number of hydrogen-bond donors (Lipinski definition) is 0. The fraction of sp³-hybridized carbons (Fsp3) is 0.167. The van der Waals surface area contributed by atoms with E-state index in [9.17, 15) is 22.8 Å². The zero-order valence-electron chi connectivity index (χ0n) is 22.1. The molecule has 0 bridgehead atoms. The van der Waals surface area contributed by atoms with Gasteiger partial charge < -0.3 is 9.47 Å². The summed E-state index contributed by atoms with van der Waals surface area (Å²) >= 11 is 16.4. The minimum absolute atomic E-state index is 0.0557. The number of esters is 1. The Labute approximate surface area is 265 Å². The van der Waals surface area contributed by atoms with Gasteiger partial charge in [0, 0.05) is 20.1 Å². The molecule has 3 aromatic carbocycles. The Morgan fingerprint density at radius 3 is 2.40 bits per heavy atom. The van der Waals surface area contributed by atoms with Gasteiger partial charge >= 0.3 is 12.1 Å². The zero-order chi connectivity index (χ0) is 30.9. The van der Waals surface area contributed by atoms with Gasteiger partial charge in [0.1, 0.15) is 12.4 Å². The number of benzene rings is 3. The maximum absolute atomic E-state index is 14.3. The van der Waals surface area contributed by atoms with Crippen LogP contribution in [-0.2, 0) is 16.1 Å². The standard InChI is InChI=1S/C30H20BrCl2F3N2O4S/c1-2-41-28(40)24-25(17-5-9-20(32)10-6-17)38-27(39)23(43-29(38)37-26(24)30(34,35)36)14-18-13-21(33)11-12-22(18)42-15-16-3-7-19(31)8-4-16/h3-14,25H,2,15H2,1H3/b23-14-/t25-/m1/s1. The molecule has 0 N–H and O–H groups in total. The number of ether oxygens (including phenoxy) is 2. The number of allylic oxidation sites excluding steroid dienone is 1. The van der Waals surface area contributed by atoms with Gasteiger partial charge in [-0.2, -0.15) is 13.2 Å². The third-order valence-corrected chi connectivity index (χ3v) is 8.35. The third kappa shape index (κ3) is 6.75. The maximum Gasteiger partial charge on any atom is 0.434 e. The SMILES string of the molecule is CCOC(=O)C1=C(C(F)(F)F)N=c2s/c(=C\c3cc(Cl)ccc3OCc3ccc(Br)cc3)c(=O)n2[C@@H]1c1ccc(Cl)cc1. The Balaban J connectivity index is 1.68. The first-order valence-corrected chi connectivity index (χ1v) is 15.1. The molecule has 2 heterocycles. The summed E-state index contributed by atoms with van der Waals surface area (Å²) in [6, 6.07) is 16.7. The van der Waals surface area contributed by atoms with Crippen LogP contribution in [0.15, 0.2) is 92.3 Å². The van der Waals surface area contributed by atoms with Gasteiger partial charge in [-0.25, -0.2) is 9.79 Å². The first kappa shape index (κ1) is 31.1. The number of carbonyl (C=O) groups is 1. The molecule has 1 aliphatic rings. The van der Waals surface area contributed by atoms with Gasteiger partial charge in [0.15, 0.2) is 10.5 Å². The average Bonchev–Trinajstić information content (AvgIpc) is 3.27. The second-order valence-corrected chi connectivity index (χ2v) is 12.0. The smallest absolute Gasteiger partial charge is 0.434 e. The van der Waals surface area contributed by atoms with Crippen molar-refractivity contribution in [3.63, 3.8) is 0 Å². The molecule has 0 unspecified atom stereocenters.